The second kappa shape index (κ2) is 4.62. The van der Waals surface area contributed by atoms with Crippen molar-refractivity contribution in [3.05, 3.63) is 52.1 Å². The van der Waals surface area contributed by atoms with Crippen LogP contribution in [-0.4, -0.2) is 12.3 Å². The minimum absolute atomic E-state index is 0.505. The number of fused-ring (bicyclic) bond motifs is 1. The van der Waals surface area contributed by atoms with Crippen LogP contribution in [-0.2, 0) is 6.42 Å². The summed E-state index contributed by atoms with van der Waals surface area (Å²) in [7, 11) is 0. The molecule has 0 aromatic heterocycles. The maximum absolute atomic E-state index is 8.28. The Kier molecular flexibility index (Phi) is 2.96. The van der Waals surface area contributed by atoms with E-state index in [1.807, 2.05) is 18.2 Å². The summed E-state index contributed by atoms with van der Waals surface area (Å²) in [6.07, 6.45) is 9.11. The van der Waals surface area contributed by atoms with Gasteiger partial charge in [0.05, 0.1) is 17.3 Å². The molecule has 18 heavy (non-hydrogen) atoms. The average Bonchev–Trinajstić information content (AvgIpc) is 2.89. The van der Waals surface area contributed by atoms with Crippen LogP contribution in [0.3, 0.4) is 0 Å². The normalized spacial score (nSPS) is 17.1. The molecule has 0 saturated carbocycles. The van der Waals surface area contributed by atoms with Crippen LogP contribution < -0.4 is 4.74 Å². The first-order chi connectivity index (χ1) is 8.77. The number of benzene rings is 1. The summed E-state index contributed by atoms with van der Waals surface area (Å²) in [5, 5.41) is 8.96. The van der Waals surface area contributed by atoms with Crippen molar-refractivity contribution in [3.63, 3.8) is 0 Å². The summed E-state index contributed by atoms with van der Waals surface area (Å²) in [5.41, 5.74) is 3.31. The van der Waals surface area contributed by atoms with Crippen molar-refractivity contribution < 1.29 is 4.74 Å². The van der Waals surface area contributed by atoms with Gasteiger partial charge in [0.15, 0.2) is 0 Å². The molecule has 1 heterocycles. The van der Waals surface area contributed by atoms with Crippen molar-refractivity contribution in [2.45, 2.75) is 19.3 Å². The van der Waals surface area contributed by atoms with E-state index < -0.39 is 0 Å². The molecule has 3 heteroatoms. The van der Waals surface area contributed by atoms with Crippen molar-refractivity contribution >= 4 is 17.3 Å². The van der Waals surface area contributed by atoms with Gasteiger partial charge in [-0.15, -0.1) is 0 Å². The van der Waals surface area contributed by atoms with Gasteiger partial charge in [0.2, 0.25) is 0 Å². The Morgan fingerprint density at radius 1 is 1.28 bits per heavy atom. The number of ether oxygens (including phenoxy) is 1. The first kappa shape index (κ1) is 11.5. The average molecular weight is 260 g/mol. The molecule has 1 aliphatic carbocycles. The molecular formula is C15H14ClNO. The first-order valence-electron chi connectivity index (χ1n) is 6.17. The van der Waals surface area contributed by atoms with E-state index in [1.165, 1.54) is 0 Å². The third-order valence-corrected chi connectivity index (χ3v) is 3.79. The highest BCUT2D eigenvalue weighted by molar-refractivity contribution is 6.36. The van der Waals surface area contributed by atoms with Crippen LogP contribution >= 0.6 is 11.6 Å². The van der Waals surface area contributed by atoms with Crippen LogP contribution in [0, 0.1) is 5.41 Å². The van der Waals surface area contributed by atoms with Gasteiger partial charge in [-0.25, -0.2) is 0 Å². The van der Waals surface area contributed by atoms with Gasteiger partial charge in [-0.2, -0.15) is 0 Å². The summed E-state index contributed by atoms with van der Waals surface area (Å²) in [5.74, 6) is 0.865. The molecule has 0 fully saturated rings. The van der Waals surface area contributed by atoms with Gasteiger partial charge in [0.25, 0.3) is 0 Å². The second-order valence-electron chi connectivity index (χ2n) is 4.52. The van der Waals surface area contributed by atoms with E-state index in [4.69, 9.17) is 21.7 Å². The fourth-order valence-electron chi connectivity index (χ4n) is 2.38. The molecule has 0 bridgehead atoms. The molecular weight excluding hydrogens is 246 g/mol. The maximum atomic E-state index is 8.28. The summed E-state index contributed by atoms with van der Waals surface area (Å²) < 4.78 is 5.48. The van der Waals surface area contributed by atoms with E-state index in [0.717, 1.165) is 41.7 Å². The lowest BCUT2D eigenvalue weighted by molar-refractivity contribution is 0.357. The highest BCUT2D eigenvalue weighted by atomic mass is 35.5. The topological polar surface area (TPSA) is 33.1 Å². The van der Waals surface area contributed by atoms with Gasteiger partial charge in [0, 0.05) is 17.5 Å². The third-order valence-electron chi connectivity index (χ3n) is 3.36. The molecule has 0 unspecified atom stereocenters. The molecule has 92 valence electrons. The highest BCUT2D eigenvalue weighted by Crippen LogP contribution is 2.35. The van der Waals surface area contributed by atoms with Gasteiger partial charge >= 0.3 is 0 Å². The fraction of sp³-hybridized carbons (Fsp3) is 0.267. The Morgan fingerprint density at radius 2 is 2.17 bits per heavy atom. The van der Waals surface area contributed by atoms with Crippen LogP contribution in [0.2, 0.25) is 5.02 Å². The minimum Gasteiger partial charge on any atom is -0.493 e. The lowest BCUT2D eigenvalue weighted by Gasteiger charge is -2.12. The number of rotatable bonds is 2. The van der Waals surface area contributed by atoms with E-state index in [0.29, 0.717) is 17.3 Å². The predicted molar refractivity (Wildman–Crippen MR) is 73.9 cm³/mol. The van der Waals surface area contributed by atoms with Gasteiger partial charge in [-0.05, 0) is 30.5 Å². The quantitative estimate of drug-likeness (QED) is 0.803. The smallest absolute Gasteiger partial charge is 0.124 e. The molecule has 1 aromatic rings. The van der Waals surface area contributed by atoms with Gasteiger partial charge in [0.1, 0.15) is 5.75 Å². The minimum atomic E-state index is 0.505. The summed E-state index contributed by atoms with van der Waals surface area (Å²) >= 11 is 6.40. The third kappa shape index (κ3) is 1.87. The van der Waals surface area contributed by atoms with Crippen LogP contribution in [0.1, 0.15) is 24.0 Å². The molecule has 0 spiro atoms. The molecule has 0 atom stereocenters. The Hall–Kier alpha value is -1.54. The summed E-state index contributed by atoms with van der Waals surface area (Å²) in [6, 6.07) is 3.81. The van der Waals surface area contributed by atoms with Crippen molar-refractivity contribution in [1.29, 1.82) is 5.41 Å². The van der Waals surface area contributed by atoms with Crippen molar-refractivity contribution in [2.75, 3.05) is 6.61 Å². The largest absolute Gasteiger partial charge is 0.493 e. The molecule has 1 aromatic carbocycles. The Balaban J connectivity index is 2.00. The standard InChI is InChI=1S/C15H14ClNO/c16-14-11-8-9-18-13(11)7-6-12(14)15(17)10-4-2-1-3-5-10/h2,4-7,17H,1,3,8-9H2. The van der Waals surface area contributed by atoms with Gasteiger partial charge < -0.3 is 4.74 Å². The lowest BCUT2D eigenvalue weighted by atomic mass is 9.96. The number of halogens is 1. The monoisotopic (exact) mass is 259 g/mol. The van der Waals surface area contributed by atoms with Crippen LogP contribution in [0.15, 0.2) is 35.9 Å². The zero-order valence-corrected chi connectivity index (χ0v) is 10.8. The Labute approximate surface area is 111 Å². The van der Waals surface area contributed by atoms with Crippen molar-refractivity contribution in [3.8, 4) is 5.75 Å². The molecule has 0 amide bonds. The summed E-state index contributed by atoms with van der Waals surface area (Å²) in [4.78, 5) is 0. The Morgan fingerprint density at radius 3 is 2.94 bits per heavy atom. The van der Waals surface area contributed by atoms with Gasteiger partial charge in [-0.1, -0.05) is 29.8 Å². The molecule has 2 nitrogen and oxygen atoms in total. The van der Waals surface area contributed by atoms with Crippen LogP contribution in [0.25, 0.3) is 0 Å². The zero-order chi connectivity index (χ0) is 12.5. The van der Waals surface area contributed by atoms with Crippen LogP contribution in [0.5, 0.6) is 5.75 Å². The number of hydrogen-bond acceptors (Lipinski definition) is 2. The molecule has 3 rings (SSSR count). The molecule has 0 saturated heterocycles. The van der Waals surface area contributed by atoms with E-state index in [2.05, 4.69) is 12.2 Å². The van der Waals surface area contributed by atoms with E-state index in [-0.39, 0.29) is 0 Å². The van der Waals surface area contributed by atoms with Crippen molar-refractivity contribution in [2.24, 2.45) is 0 Å². The van der Waals surface area contributed by atoms with E-state index in [1.54, 1.807) is 0 Å². The zero-order valence-electron chi connectivity index (χ0n) is 10.0. The molecule has 2 aliphatic rings. The first-order valence-corrected chi connectivity index (χ1v) is 6.55. The lowest BCUT2D eigenvalue weighted by Crippen LogP contribution is -2.05. The van der Waals surface area contributed by atoms with Gasteiger partial charge in [-0.3, -0.25) is 5.41 Å². The SMILES string of the molecule is N=C(C1=CCCC=C1)c1ccc2c(c1Cl)CCO2. The number of allylic oxidation sites excluding steroid dienone is 4. The maximum Gasteiger partial charge on any atom is 0.124 e. The summed E-state index contributed by atoms with van der Waals surface area (Å²) in [6.45, 7) is 0.689. The van der Waals surface area contributed by atoms with E-state index >= 15 is 0 Å². The predicted octanol–water partition coefficient (Wildman–Crippen LogP) is 3.92. The molecule has 1 N–H and O–H groups in total. The number of hydrogen-bond donors (Lipinski definition) is 1. The number of nitrogens with one attached hydrogen (secondary N) is 1. The Bertz CT molecular complexity index is 572. The van der Waals surface area contributed by atoms with Crippen LogP contribution in [0.4, 0.5) is 0 Å². The second-order valence-corrected chi connectivity index (χ2v) is 4.89. The van der Waals surface area contributed by atoms with Crippen molar-refractivity contribution in [1.82, 2.24) is 0 Å². The molecule has 1 aliphatic heterocycles. The van der Waals surface area contributed by atoms with E-state index in [9.17, 15) is 0 Å². The fourth-order valence-corrected chi connectivity index (χ4v) is 2.73. The highest BCUT2D eigenvalue weighted by Gasteiger charge is 2.20. The molecule has 0 radical (unpaired) electrons.